The number of benzene rings is 9. The summed E-state index contributed by atoms with van der Waals surface area (Å²) in [5, 5.41) is 4.56. The van der Waals surface area contributed by atoms with Gasteiger partial charge in [-0.2, -0.15) is 0 Å². The molecule has 268 valence electrons. The SMILES string of the molecule is c1ccc(-c2ccccc2-c2ccccc2-n2c3ccccc3c3c(N(c4ccc5oc6ccccc6c5c4)c4ccccc4-c4ccccc4)cccc32)cc1. The number of anilines is 3. The van der Waals surface area contributed by atoms with Crippen molar-refractivity contribution < 1.29 is 4.42 Å². The first-order valence-electron chi connectivity index (χ1n) is 19.4. The fourth-order valence-corrected chi connectivity index (χ4v) is 8.72. The van der Waals surface area contributed by atoms with Gasteiger partial charge in [0.2, 0.25) is 0 Å². The third-order valence-electron chi connectivity index (χ3n) is 11.2. The Labute approximate surface area is 330 Å². The maximum Gasteiger partial charge on any atom is 0.135 e. The van der Waals surface area contributed by atoms with Gasteiger partial charge in [0, 0.05) is 38.4 Å². The van der Waals surface area contributed by atoms with Crippen LogP contribution < -0.4 is 4.90 Å². The van der Waals surface area contributed by atoms with E-state index < -0.39 is 0 Å². The number of nitrogens with zero attached hydrogens (tertiary/aromatic N) is 2. The Morgan fingerprint density at radius 2 is 0.912 bits per heavy atom. The standard InChI is InChI=1S/C54H36N2O/c1-3-18-37(19-4-1)40-22-7-8-24-42(40)43-25-10-14-29-48(43)56-49-30-15-11-27-45(49)54-50(31-17-32-51(54)56)55(47-28-13-9-23-41(47)38-20-5-2-6-21-38)39-34-35-53-46(36-39)44-26-12-16-33-52(44)57-53/h1-36H. The summed E-state index contributed by atoms with van der Waals surface area (Å²) >= 11 is 0. The highest BCUT2D eigenvalue weighted by molar-refractivity contribution is 6.18. The first-order chi connectivity index (χ1) is 28.3. The van der Waals surface area contributed by atoms with Crippen molar-refractivity contribution in [1.29, 1.82) is 0 Å². The highest BCUT2D eigenvalue weighted by atomic mass is 16.3. The maximum absolute atomic E-state index is 6.33. The van der Waals surface area contributed by atoms with Gasteiger partial charge in [0.25, 0.3) is 0 Å². The van der Waals surface area contributed by atoms with Crippen LogP contribution in [0.15, 0.2) is 223 Å². The minimum absolute atomic E-state index is 0.874. The Balaban J connectivity index is 1.20. The molecule has 0 unspecified atom stereocenters. The number of fused-ring (bicyclic) bond motifs is 6. The molecule has 0 saturated carbocycles. The largest absolute Gasteiger partial charge is 0.456 e. The summed E-state index contributed by atoms with van der Waals surface area (Å²) in [5.74, 6) is 0. The number of hydrogen-bond acceptors (Lipinski definition) is 2. The van der Waals surface area contributed by atoms with E-state index in [0.29, 0.717) is 0 Å². The van der Waals surface area contributed by atoms with E-state index in [9.17, 15) is 0 Å². The second-order valence-corrected chi connectivity index (χ2v) is 14.4. The van der Waals surface area contributed by atoms with Gasteiger partial charge in [-0.3, -0.25) is 0 Å². The summed E-state index contributed by atoms with van der Waals surface area (Å²) in [6.07, 6.45) is 0. The van der Waals surface area contributed by atoms with Crippen molar-refractivity contribution >= 4 is 60.8 Å². The second-order valence-electron chi connectivity index (χ2n) is 14.4. The van der Waals surface area contributed by atoms with Crippen molar-refractivity contribution in [3.63, 3.8) is 0 Å². The Morgan fingerprint density at radius 1 is 0.351 bits per heavy atom. The number of furan rings is 1. The Hall–Kier alpha value is -7.62. The van der Waals surface area contributed by atoms with E-state index in [2.05, 4.69) is 216 Å². The molecule has 3 nitrogen and oxygen atoms in total. The molecule has 0 saturated heterocycles. The number of rotatable bonds is 7. The summed E-state index contributed by atoms with van der Waals surface area (Å²) in [4.78, 5) is 2.44. The quantitative estimate of drug-likeness (QED) is 0.163. The lowest BCUT2D eigenvalue weighted by Crippen LogP contribution is -2.11. The minimum Gasteiger partial charge on any atom is -0.456 e. The first-order valence-corrected chi connectivity index (χ1v) is 19.4. The summed E-state index contributed by atoms with van der Waals surface area (Å²) in [6.45, 7) is 0. The predicted octanol–water partition coefficient (Wildman–Crippen LogP) is 15.2. The van der Waals surface area contributed by atoms with E-state index in [1.807, 2.05) is 12.1 Å². The van der Waals surface area contributed by atoms with E-state index in [1.165, 1.54) is 33.0 Å². The van der Waals surface area contributed by atoms with Crippen molar-refractivity contribution in [3.05, 3.63) is 218 Å². The molecule has 11 rings (SSSR count). The predicted molar refractivity (Wildman–Crippen MR) is 239 cm³/mol. The molecule has 2 heterocycles. The fraction of sp³-hybridized carbons (Fsp3) is 0. The molecule has 2 aromatic heterocycles. The van der Waals surface area contributed by atoms with Crippen LogP contribution in [0.4, 0.5) is 17.1 Å². The van der Waals surface area contributed by atoms with E-state index in [1.54, 1.807) is 0 Å². The van der Waals surface area contributed by atoms with Gasteiger partial charge in [0.15, 0.2) is 0 Å². The molecule has 0 aliphatic rings. The molecule has 0 atom stereocenters. The van der Waals surface area contributed by atoms with Gasteiger partial charge in [0.05, 0.1) is 28.1 Å². The molecule has 0 fully saturated rings. The number of para-hydroxylation sites is 4. The zero-order valence-corrected chi connectivity index (χ0v) is 31.1. The molecule has 11 aromatic rings. The van der Waals surface area contributed by atoms with Crippen LogP contribution in [0.1, 0.15) is 0 Å². The lowest BCUT2D eigenvalue weighted by atomic mass is 9.93. The van der Waals surface area contributed by atoms with Gasteiger partial charge in [-0.25, -0.2) is 0 Å². The van der Waals surface area contributed by atoms with Crippen molar-refractivity contribution in [2.75, 3.05) is 4.90 Å². The lowest BCUT2D eigenvalue weighted by Gasteiger charge is -2.29. The van der Waals surface area contributed by atoms with E-state index in [0.717, 1.165) is 66.8 Å². The van der Waals surface area contributed by atoms with Crippen molar-refractivity contribution in [2.45, 2.75) is 0 Å². The van der Waals surface area contributed by atoms with Gasteiger partial charge in [-0.15, -0.1) is 0 Å². The smallest absolute Gasteiger partial charge is 0.135 e. The van der Waals surface area contributed by atoms with Gasteiger partial charge >= 0.3 is 0 Å². The van der Waals surface area contributed by atoms with Gasteiger partial charge in [-0.05, 0) is 76.9 Å². The van der Waals surface area contributed by atoms with Crippen LogP contribution in [0.2, 0.25) is 0 Å². The van der Waals surface area contributed by atoms with Gasteiger partial charge in [-0.1, -0.05) is 164 Å². The minimum atomic E-state index is 0.874. The highest BCUT2D eigenvalue weighted by Gasteiger charge is 2.25. The Kier molecular flexibility index (Phi) is 7.82. The summed E-state index contributed by atoms with van der Waals surface area (Å²) in [5.41, 5.74) is 15.5. The number of hydrogen-bond donors (Lipinski definition) is 0. The van der Waals surface area contributed by atoms with E-state index in [4.69, 9.17) is 4.42 Å². The van der Waals surface area contributed by atoms with Crippen LogP contribution in [-0.4, -0.2) is 4.57 Å². The molecule has 9 aromatic carbocycles. The normalized spacial score (nSPS) is 11.5. The van der Waals surface area contributed by atoms with Crippen LogP contribution in [0.25, 0.3) is 82.8 Å². The average Bonchev–Trinajstić information content (AvgIpc) is 3.83. The highest BCUT2D eigenvalue weighted by Crippen LogP contribution is 2.48. The van der Waals surface area contributed by atoms with Crippen molar-refractivity contribution in [2.24, 2.45) is 0 Å². The van der Waals surface area contributed by atoms with Crippen LogP contribution in [-0.2, 0) is 0 Å². The second kappa shape index (κ2) is 13.6. The molecule has 0 bridgehead atoms. The van der Waals surface area contributed by atoms with Crippen LogP contribution in [0.5, 0.6) is 0 Å². The molecule has 57 heavy (non-hydrogen) atoms. The molecule has 0 radical (unpaired) electrons. The monoisotopic (exact) mass is 728 g/mol. The molecule has 0 N–H and O–H groups in total. The Morgan fingerprint density at radius 3 is 1.72 bits per heavy atom. The molecule has 3 heteroatoms. The van der Waals surface area contributed by atoms with Crippen molar-refractivity contribution in [3.8, 4) is 39.1 Å². The molecule has 0 amide bonds. The third-order valence-corrected chi connectivity index (χ3v) is 11.2. The molecular formula is C54H36N2O. The fourth-order valence-electron chi connectivity index (χ4n) is 8.72. The number of aromatic nitrogens is 1. The zero-order valence-electron chi connectivity index (χ0n) is 31.1. The first kappa shape index (κ1) is 32.8. The van der Waals surface area contributed by atoms with Gasteiger partial charge in [0.1, 0.15) is 11.2 Å². The Bertz CT molecular complexity index is 3250. The van der Waals surface area contributed by atoms with Crippen LogP contribution in [0, 0.1) is 0 Å². The lowest BCUT2D eigenvalue weighted by molar-refractivity contribution is 0.669. The topological polar surface area (TPSA) is 21.3 Å². The maximum atomic E-state index is 6.33. The summed E-state index contributed by atoms with van der Waals surface area (Å²) in [7, 11) is 0. The summed E-state index contributed by atoms with van der Waals surface area (Å²) < 4.78 is 8.79. The molecule has 0 aliphatic heterocycles. The van der Waals surface area contributed by atoms with Crippen LogP contribution >= 0.6 is 0 Å². The zero-order chi connectivity index (χ0) is 37.7. The molecule has 0 aliphatic carbocycles. The molecule has 0 spiro atoms. The molecular weight excluding hydrogens is 693 g/mol. The van der Waals surface area contributed by atoms with Crippen LogP contribution in [0.3, 0.4) is 0 Å². The van der Waals surface area contributed by atoms with E-state index >= 15 is 0 Å². The van der Waals surface area contributed by atoms with Gasteiger partial charge < -0.3 is 13.9 Å². The summed E-state index contributed by atoms with van der Waals surface area (Å²) in [6, 6.07) is 78.2. The third kappa shape index (κ3) is 5.43. The average molecular weight is 729 g/mol. The van der Waals surface area contributed by atoms with E-state index in [-0.39, 0.29) is 0 Å². The van der Waals surface area contributed by atoms with Crippen molar-refractivity contribution in [1.82, 2.24) is 4.57 Å².